The Labute approximate surface area is 200 Å². The van der Waals surface area contributed by atoms with Gasteiger partial charge in [0.15, 0.2) is 15.8 Å². The van der Waals surface area contributed by atoms with Crippen LogP contribution in [0.4, 0.5) is 10.8 Å². The molecule has 33 heavy (non-hydrogen) atoms. The van der Waals surface area contributed by atoms with Gasteiger partial charge in [0.1, 0.15) is 0 Å². The maximum Gasteiger partial charge on any atom is 0.250 e. The van der Waals surface area contributed by atoms with Gasteiger partial charge < -0.3 is 14.8 Å². The molecule has 0 unspecified atom stereocenters. The van der Waals surface area contributed by atoms with Crippen LogP contribution in [0.3, 0.4) is 0 Å². The predicted molar refractivity (Wildman–Crippen MR) is 132 cm³/mol. The summed E-state index contributed by atoms with van der Waals surface area (Å²) in [5.74, 6) is 0.903. The number of nitrogens with one attached hydrogen (secondary N) is 2. The highest BCUT2D eigenvalue weighted by molar-refractivity contribution is 8.01. The maximum absolute atomic E-state index is 12.3. The van der Waals surface area contributed by atoms with Gasteiger partial charge in [0.25, 0.3) is 0 Å². The lowest BCUT2D eigenvalue weighted by Gasteiger charge is -2.08. The molecule has 0 saturated heterocycles. The van der Waals surface area contributed by atoms with Crippen molar-refractivity contribution in [3.8, 4) is 11.5 Å². The SMILES string of the molecule is COc1ccc(/C=C/C(=O)Nc2nnc(SCC(=O)Nc3cc(C)ccc3C)s2)cc1OC. The lowest BCUT2D eigenvalue weighted by atomic mass is 10.1. The number of rotatable bonds is 9. The van der Waals surface area contributed by atoms with Crippen molar-refractivity contribution in [1.82, 2.24) is 10.2 Å². The number of thioether (sulfide) groups is 1. The van der Waals surface area contributed by atoms with E-state index in [0.29, 0.717) is 21.0 Å². The first-order valence-corrected chi connectivity index (χ1v) is 11.7. The van der Waals surface area contributed by atoms with E-state index in [4.69, 9.17) is 9.47 Å². The van der Waals surface area contributed by atoms with Crippen molar-refractivity contribution in [1.29, 1.82) is 0 Å². The molecular weight excluding hydrogens is 460 g/mol. The highest BCUT2D eigenvalue weighted by atomic mass is 32.2. The van der Waals surface area contributed by atoms with E-state index in [0.717, 1.165) is 22.4 Å². The van der Waals surface area contributed by atoms with E-state index in [1.54, 1.807) is 32.4 Å². The van der Waals surface area contributed by atoms with Crippen molar-refractivity contribution < 1.29 is 19.1 Å². The number of carbonyl (C=O) groups excluding carboxylic acids is 2. The zero-order valence-electron chi connectivity index (χ0n) is 18.7. The molecule has 1 heterocycles. The van der Waals surface area contributed by atoms with Crippen molar-refractivity contribution in [2.75, 3.05) is 30.6 Å². The van der Waals surface area contributed by atoms with Gasteiger partial charge in [-0.1, -0.05) is 41.3 Å². The summed E-state index contributed by atoms with van der Waals surface area (Å²) >= 11 is 2.47. The summed E-state index contributed by atoms with van der Waals surface area (Å²) < 4.78 is 11.1. The number of aryl methyl sites for hydroxylation is 2. The minimum absolute atomic E-state index is 0.132. The van der Waals surface area contributed by atoms with Crippen LogP contribution in [0.5, 0.6) is 11.5 Å². The summed E-state index contributed by atoms with van der Waals surface area (Å²) in [5, 5.41) is 13.9. The van der Waals surface area contributed by atoms with Gasteiger partial charge in [0, 0.05) is 11.8 Å². The van der Waals surface area contributed by atoms with Crippen LogP contribution in [0, 0.1) is 13.8 Å². The quantitative estimate of drug-likeness (QED) is 0.261. The Kier molecular flexibility index (Phi) is 8.45. The van der Waals surface area contributed by atoms with E-state index < -0.39 is 0 Å². The number of aromatic nitrogens is 2. The molecule has 0 aliphatic carbocycles. The molecule has 0 atom stereocenters. The van der Waals surface area contributed by atoms with Gasteiger partial charge in [-0.05, 0) is 54.8 Å². The third-order valence-electron chi connectivity index (χ3n) is 4.47. The zero-order chi connectivity index (χ0) is 23.8. The van der Waals surface area contributed by atoms with E-state index in [9.17, 15) is 9.59 Å². The molecule has 0 aliphatic heterocycles. The van der Waals surface area contributed by atoms with Gasteiger partial charge in [0.2, 0.25) is 16.9 Å². The van der Waals surface area contributed by atoms with Crippen LogP contribution in [0.25, 0.3) is 6.08 Å². The Morgan fingerprint density at radius 2 is 1.82 bits per heavy atom. The fourth-order valence-corrected chi connectivity index (χ4v) is 4.33. The first-order valence-electron chi connectivity index (χ1n) is 9.92. The van der Waals surface area contributed by atoms with Crippen molar-refractivity contribution >= 4 is 51.8 Å². The van der Waals surface area contributed by atoms with Crippen molar-refractivity contribution in [3.05, 3.63) is 59.2 Å². The van der Waals surface area contributed by atoms with E-state index >= 15 is 0 Å². The minimum atomic E-state index is -0.342. The molecule has 3 aromatic rings. The summed E-state index contributed by atoms with van der Waals surface area (Å²) in [6.07, 6.45) is 3.05. The number of nitrogens with zero attached hydrogens (tertiary/aromatic N) is 2. The number of anilines is 2. The van der Waals surface area contributed by atoms with E-state index in [2.05, 4.69) is 20.8 Å². The van der Waals surface area contributed by atoms with Crippen molar-refractivity contribution in [2.45, 2.75) is 18.2 Å². The Morgan fingerprint density at radius 3 is 2.58 bits per heavy atom. The first-order chi connectivity index (χ1) is 15.9. The summed E-state index contributed by atoms with van der Waals surface area (Å²) in [6.45, 7) is 3.92. The van der Waals surface area contributed by atoms with Gasteiger partial charge in [-0.15, -0.1) is 10.2 Å². The molecular formula is C23H24N4O4S2. The predicted octanol–water partition coefficient (Wildman–Crippen LogP) is 4.55. The molecule has 0 radical (unpaired) electrons. The molecule has 2 amide bonds. The Balaban J connectivity index is 1.51. The van der Waals surface area contributed by atoms with Crippen LogP contribution in [0.15, 0.2) is 46.8 Å². The van der Waals surface area contributed by atoms with Crippen LogP contribution >= 0.6 is 23.1 Å². The van der Waals surface area contributed by atoms with Crippen LogP contribution in [0.2, 0.25) is 0 Å². The molecule has 172 valence electrons. The smallest absolute Gasteiger partial charge is 0.250 e. The van der Waals surface area contributed by atoms with Crippen LogP contribution in [0.1, 0.15) is 16.7 Å². The molecule has 8 nitrogen and oxygen atoms in total. The molecule has 2 N–H and O–H groups in total. The highest BCUT2D eigenvalue weighted by Crippen LogP contribution is 2.28. The summed E-state index contributed by atoms with van der Waals surface area (Å²) in [5.41, 5.74) is 3.66. The van der Waals surface area contributed by atoms with Gasteiger partial charge in [-0.25, -0.2) is 0 Å². The second-order valence-corrected chi connectivity index (χ2v) is 9.17. The van der Waals surface area contributed by atoms with Crippen LogP contribution in [-0.2, 0) is 9.59 Å². The Morgan fingerprint density at radius 1 is 1.03 bits per heavy atom. The third-order valence-corrected chi connectivity index (χ3v) is 6.44. The number of ether oxygens (including phenoxy) is 2. The number of hydrogen-bond acceptors (Lipinski definition) is 8. The molecule has 0 spiro atoms. The number of methoxy groups -OCH3 is 2. The van der Waals surface area contributed by atoms with Crippen LogP contribution < -0.4 is 20.1 Å². The normalized spacial score (nSPS) is 10.8. The molecule has 0 aliphatic rings. The molecule has 0 saturated carbocycles. The Hall–Kier alpha value is -3.37. The second-order valence-electron chi connectivity index (χ2n) is 6.97. The van der Waals surface area contributed by atoms with Gasteiger partial charge >= 0.3 is 0 Å². The van der Waals surface area contributed by atoms with Gasteiger partial charge in [-0.3, -0.25) is 14.9 Å². The lowest BCUT2D eigenvalue weighted by molar-refractivity contribution is -0.114. The molecule has 2 aromatic carbocycles. The first kappa shape index (κ1) is 24.3. The highest BCUT2D eigenvalue weighted by Gasteiger charge is 2.11. The fraction of sp³-hybridized carbons (Fsp3) is 0.217. The molecule has 3 rings (SSSR count). The lowest BCUT2D eigenvalue weighted by Crippen LogP contribution is -2.14. The number of amides is 2. The molecule has 0 bridgehead atoms. The second kappa shape index (κ2) is 11.5. The van der Waals surface area contributed by atoms with Crippen molar-refractivity contribution in [3.63, 3.8) is 0 Å². The standard InChI is InChI=1S/C23H24N4O4S2/c1-14-5-6-15(2)17(11-14)24-21(29)13-32-23-27-26-22(33-23)25-20(28)10-8-16-7-9-18(30-3)19(12-16)31-4/h5-12H,13H2,1-4H3,(H,24,29)(H,25,26,28)/b10-8+. The number of hydrogen-bond donors (Lipinski definition) is 2. The molecule has 1 aromatic heterocycles. The summed E-state index contributed by atoms with van der Waals surface area (Å²) in [6, 6.07) is 11.3. The Bertz CT molecular complexity index is 1180. The molecule has 10 heteroatoms. The number of benzene rings is 2. The fourth-order valence-electron chi connectivity index (χ4n) is 2.78. The van der Waals surface area contributed by atoms with Gasteiger partial charge in [0.05, 0.1) is 20.0 Å². The third kappa shape index (κ3) is 7.06. The average Bonchev–Trinajstić information content (AvgIpc) is 3.25. The zero-order valence-corrected chi connectivity index (χ0v) is 20.3. The summed E-state index contributed by atoms with van der Waals surface area (Å²) in [4.78, 5) is 24.5. The van der Waals surface area contributed by atoms with E-state index in [-0.39, 0.29) is 17.6 Å². The maximum atomic E-state index is 12.3. The van der Waals surface area contributed by atoms with Crippen molar-refractivity contribution in [2.24, 2.45) is 0 Å². The minimum Gasteiger partial charge on any atom is -0.493 e. The van der Waals surface area contributed by atoms with Crippen LogP contribution in [-0.4, -0.2) is 42.0 Å². The van der Waals surface area contributed by atoms with E-state index in [1.807, 2.05) is 38.1 Å². The van der Waals surface area contributed by atoms with Gasteiger partial charge in [-0.2, -0.15) is 0 Å². The summed E-state index contributed by atoms with van der Waals surface area (Å²) in [7, 11) is 3.11. The average molecular weight is 485 g/mol. The van der Waals surface area contributed by atoms with E-state index in [1.165, 1.54) is 29.2 Å². The topological polar surface area (TPSA) is 102 Å². The largest absolute Gasteiger partial charge is 0.493 e. The number of carbonyl (C=O) groups is 2. The molecule has 0 fully saturated rings. The monoisotopic (exact) mass is 484 g/mol.